The summed E-state index contributed by atoms with van der Waals surface area (Å²) in [5, 5.41) is 11.8. The lowest BCUT2D eigenvalue weighted by Crippen LogP contribution is -2.74. The molecule has 0 atom stereocenters. The molecule has 3 aliphatic rings. The van der Waals surface area contributed by atoms with Crippen molar-refractivity contribution in [2.24, 2.45) is 0 Å². The zero-order valence-corrected chi connectivity index (χ0v) is 59.3. The quantitative estimate of drug-likeness (QED) is 0.0893. The smallest absolute Gasteiger partial charge is 0.179 e. The number of nitrogens with zero attached hydrogens (tertiary/aromatic N) is 8. The molecule has 8 nitrogen and oxygen atoms in total. The summed E-state index contributed by atoms with van der Waals surface area (Å²) in [5.41, 5.74) is 16.1. The largest absolute Gasteiger partial charge is 0.310 e. The van der Waals surface area contributed by atoms with Gasteiger partial charge in [-0.3, -0.25) is 0 Å². The number of para-hydroxylation sites is 1. The minimum absolute atomic E-state index is 0.634. The molecule has 0 aliphatic carbocycles. The molecule has 0 spiro atoms. The molecule has 20 rings (SSSR count). The topological polar surface area (TPSA) is 85.5 Å². The van der Waals surface area contributed by atoms with E-state index in [2.05, 4.69) is 337 Å². The molecule has 0 amide bonds. The van der Waals surface area contributed by atoms with Crippen molar-refractivity contribution in [3.8, 4) is 73.5 Å². The van der Waals surface area contributed by atoms with Crippen LogP contribution >= 0.6 is 11.3 Å². The van der Waals surface area contributed by atoms with Gasteiger partial charge in [0.15, 0.2) is 42.7 Å². The van der Waals surface area contributed by atoms with Crippen molar-refractivity contribution in [2.75, 3.05) is 4.90 Å². The van der Waals surface area contributed by atoms with Gasteiger partial charge in [-0.2, -0.15) is 0 Å². The summed E-state index contributed by atoms with van der Waals surface area (Å²) in [6.45, 7) is 0. The van der Waals surface area contributed by atoms with E-state index in [1.165, 1.54) is 41.4 Å². The highest BCUT2D eigenvalue weighted by atomic mass is 32.1. The summed E-state index contributed by atoms with van der Waals surface area (Å²) in [7, 11) is -2.71. The van der Waals surface area contributed by atoms with Crippen molar-refractivity contribution in [2.45, 2.75) is 0 Å². The summed E-state index contributed by atoms with van der Waals surface area (Å²) in [5.74, 6) is 2.57. The molecular weight excluding hydrogens is 1330 g/mol. The van der Waals surface area contributed by atoms with Crippen LogP contribution in [0.2, 0.25) is 0 Å². The van der Waals surface area contributed by atoms with Gasteiger partial charge in [0, 0.05) is 55.6 Å². The third-order valence-electron chi connectivity index (χ3n) is 20.2. The molecular formula is C96H64N8SSi. The second kappa shape index (κ2) is 27.3. The zero-order valence-electron chi connectivity index (χ0n) is 57.4. The molecule has 5 heterocycles. The van der Waals surface area contributed by atoms with Crippen molar-refractivity contribution in [1.29, 1.82) is 0 Å². The number of rotatable bonds is 7. The molecule has 106 heavy (non-hydrogen) atoms. The second-order valence-corrected chi connectivity index (χ2v) is 31.5. The molecule has 0 saturated carbocycles. The van der Waals surface area contributed by atoms with Crippen LogP contribution in [0.3, 0.4) is 0 Å². The maximum absolute atomic E-state index is 5.10. The minimum atomic E-state index is -2.71. The van der Waals surface area contributed by atoms with Crippen LogP contribution in [0.15, 0.2) is 388 Å². The first-order chi connectivity index (χ1) is 52.5. The van der Waals surface area contributed by atoms with Crippen LogP contribution in [0, 0.1) is 0 Å². The van der Waals surface area contributed by atoms with E-state index in [1.807, 2.05) is 72.0 Å². The lowest BCUT2D eigenvalue weighted by atomic mass is 9.99. The maximum Gasteiger partial charge on any atom is 0.179 e. The highest BCUT2D eigenvalue weighted by Crippen LogP contribution is 2.41. The third-order valence-corrected chi connectivity index (χ3v) is 26.1. The van der Waals surface area contributed by atoms with E-state index < -0.39 is 8.07 Å². The van der Waals surface area contributed by atoms with E-state index in [0.29, 0.717) is 34.6 Å². The highest BCUT2D eigenvalue weighted by molar-refractivity contribution is 7.24. The number of aromatic nitrogens is 7. The van der Waals surface area contributed by atoms with Crippen LogP contribution < -0.4 is 25.6 Å². The van der Waals surface area contributed by atoms with Crippen molar-refractivity contribution in [3.05, 3.63) is 388 Å². The average Bonchev–Trinajstić information content (AvgIpc) is 0.745. The van der Waals surface area contributed by atoms with Crippen molar-refractivity contribution in [3.63, 3.8) is 0 Å². The number of fused-ring (bicyclic) bond motifs is 30. The van der Waals surface area contributed by atoms with Gasteiger partial charge >= 0.3 is 0 Å². The van der Waals surface area contributed by atoms with Crippen molar-refractivity contribution < 1.29 is 0 Å². The summed E-state index contributed by atoms with van der Waals surface area (Å²) < 4.78 is 4.87. The van der Waals surface area contributed by atoms with Gasteiger partial charge in [-0.1, -0.05) is 291 Å². The van der Waals surface area contributed by atoms with E-state index in [0.717, 1.165) is 99.4 Å². The van der Waals surface area contributed by atoms with Crippen LogP contribution in [0.25, 0.3) is 138 Å². The fourth-order valence-corrected chi connectivity index (χ4v) is 20.9. The van der Waals surface area contributed by atoms with Gasteiger partial charge in [0.1, 0.15) is 0 Å². The molecule has 3 aliphatic heterocycles. The Labute approximate surface area is 618 Å². The van der Waals surface area contributed by atoms with Crippen LogP contribution in [0.4, 0.5) is 17.1 Å². The molecule has 2 aromatic heterocycles. The molecule has 15 aromatic carbocycles. The van der Waals surface area contributed by atoms with E-state index in [4.69, 9.17) is 29.9 Å². The zero-order chi connectivity index (χ0) is 70.3. The Morgan fingerprint density at radius 2 is 0.613 bits per heavy atom. The Kier molecular flexibility index (Phi) is 16.3. The predicted octanol–water partition coefficient (Wildman–Crippen LogP) is 21.8. The number of anilines is 3. The van der Waals surface area contributed by atoms with Gasteiger partial charge in [-0.15, -0.1) is 11.3 Å². The normalized spacial score (nSPS) is 11.8. The van der Waals surface area contributed by atoms with Gasteiger partial charge in [-0.25, -0.2) is 29.9 Å². The Hall–Kier alpha value is -13.6. The Morgan fingerprint density at radius 3 is 1.14 bits per heavy atom. The summed E-state index contributed by atoms with van der Waals surface area (Å²) >= 11 is 1.82. The monoisotopic (exact) mass is 1390 g/mol. The summed E-state index contributed by atoms with van der Waals surface area (Å²) in [6, 6.07) is 139. The lowest BCUT2D eigenvalue weighted by Gasteiger charge is -2.35. The first-order valence-corrected chi connectivity index (χ1v) is 38.4. The lowest BCUT2D eigenvalue weighted by molar-refractivity contribution is 1.07. The molecule has 20 bridgehead atoms. The fourth-order valence-electron chi connectivity index (χ4n) is 15.1. The number of hydrogen-bond acceptors (Lipinski definition) is 8. The van der Waals surface area contributed by atoms with Crippen LogP contribution in [-0.2, 0) is 0 Å². The Bertz CT molecular complexity index is 6390. The number of hydrogen-bond donors (Lipinski definition) is 0. The molecule has 0 unspecified atom stereocenters. The molecule has 17 aromatic rings. The van der Waals surface area contributed by atoms with Crippen LogP contribution in [0.1, 0.15) is 0 Å². The minimum Gasteiger partial charge on any atom is -0.310 e. The third kappa shape index (κ3) is 11.9. The summed E-state index contributed by atoms with van der Waals surface area (Å²) in [6.07, 6.45) is 0. The molecule has 0 N–H and O–H groups in total. The predicted molar refractivity (Wildman–Crippen MR) is 444 cm³/mol. The van der Waals surface area contributed by atoms with Crippen molar-refractivity contribution >= 4 is 121 Å². The Morgan fingerprint density at radius 1 is 0.226 bits per heavy atom. The Balaban J connectivity index is 0.000000153. The molecule has 0 fully saturated rings. The fraction of sp³-hybridized carbons (Fsp3) is 0. The van der Waals surface area contributed by atoms with E-state index in [1.54, 1.807) is 0 Å². The van der Waals surface area contributed by atoms with Gasteiger partial charge in [-0.05, 0) is 162 Å². The van der Waals surface area contributed by atoms with Gasteiger partial charge < -0.3 is 9.47 Å². The maximum atomic E-state index is 5.10. The molecule has 0 radical (unpaired) electrons. The second-order valence-electron chi connectivity index (χ2n) is 26.6. The SMILES string of the molecule is c1ccc(-c2nc3nc(n2)-c2cccc(c2)-c2cccc(c2)N(c2ccc([Si](c4ccccc4)(c4ccccc4)c4ccccc4)cc2)c2cccc(c2)-c2cccc-3c2)cc1.c1ccc(-c2nc3nc(n2)c2cccc(c2)c2cccc(c2)n2c4ccccc4sc4ccc(cc4-2)c2cccc3c2)cc1. The first kappa shape index (κ1) is 63.3. The molecule has 10 heteroatoms. The van der Waals surface area contributed by atoms with Gasteiger partial charge in [0.05, 0.1) is 20.6 Å². The van der Waals surface area contributed by atoms with Gasteiger partial charge in [0.25, 0.3) is 0 Å². The molecule has 0 saturated heterocycles. The molecule has 498 valence electrons. The van der Waals surface area contributed by atoms with Crippen molar-refractivity contribution in [1.82, 2.24) is 34.5 Å². The standard InChI is InChI=1S/C57H40N4Si.C39H24N4S/c1-5-17-41(18-6-1)55-58-56-46-23-13-19-42(37-46)44-21-15-25-49(39-44)61(50-26-16-22-45(40-50)43-20-14-24-47(38-43)57(59-55)60-56)48-33-35-54(36-34-48)62(51-27-7-2-8-28-51,52-29-9-3-10-30-52)53-31-11-4-12-32-53;1-2-9-25(10-3-1)37-40-38-30-14-6-11-26(21-30)28-13-8-16-32(23-28)43-33-17-4-5-18-35(33)44-36-20-19-29(24-34(36)43)27-12-7-15-31(22-27)39(41-37)42-38/h1-40H;1-24H. The summed E-state index contributed by atoms with van der Waals surface area (Å²) in [4.78, 5) is 32.6. The average molecular weight is 1390 g/mol. The highest BCUT2D eigenvalue weighted by Gasteiger charge is 2.41. The van der Waals surface area contributed by atoms with Gasteiger partial charge in [0.2, 0.25) is 0 Å². The van der Waals surface area contributed by atoms with E-state index in [9.17, 15) is 0 Å². The van der Waals surface area contributed by atoms with Crippen LogP contribution in [0.5, 0.6) is 0 Å². The van der Waals surface area contributed by atoms with E-state index in [-0.39, 0.29) is 0 Å². The number of benzene rings is 15. The van der Waals surface area contributed by atoms with Crippen LogP contribution in [-0.4, -0.2) is 42.5 Å². The van der Waals surface area contributed by atoms with E-state index >= 15 is 0 Å². The first-order valence-electron chi connectivity index (χ1n) is 35.6.